The second-order valence-electron chi connectivity index (χ2n) is 17.1. The quantitative estimate of drug-likeness (QED) is 0.0325. The number of ether oxygens (including phenoxy) is 5. The number of nitrogens with zero attached hydrogens (tertiary/aromatic N) is 5. The van der Waals surface area contributed by atoms with Crippen molar-refractivity contribution in [3.63, 3.8) is 0 Å². The Bertz CT molecular complexity index is 2810. The predicted molar refractivity (Wildman–Crippen MR) is 284 cm³/mol. The molecule has 0 aliphatic carbocycles. The molecule has 16 heteroatoms. The molecular formula is C55H54N6O8S2. The zero-order chi connectivity index (χ0) is 49.3. The van der Waals surface area contributed by atoms with Crippen LogP contribution in [-0.4, -0.2) is 82.1 Å². The van der Waals surface area contributed by atoms with Gasteiger partial charge in [0, 0.05) is 67.5 Å². The number of carbonyl (C=O) groups excluding carboxylic acids is 3. The first-order valence-corrected chi connectivity index (χ1v) is 25.8. The van der Waals surface area contributed by atoms with E-state index in [1.165, 1.54) is 10.8 Å². The van der Waals surface area contributed by atoms with Gasteiger partial charge in [0.2, 0.25) is 5.91 Å². The van der Waals surface area contributed by atoms with Crippen molar-refractivity contribution < 1.29 is 38.1 Å². The third-order valence-electron chi connectivity index (χ3n) is 12.4. The molecule has 1 N–H and O–H groups in total. The maximum absolute atomic E-state index is 14.0. The number of hydrogen-bond donors (Lipinski definition) is 1. The van der Waals surface area contributed by atoms with Gasteiger partial charge in [0.1, 0.15) is 24.0 Å². The van der Waals surface area contributed by atoms with Crippen molar-refractivity contribution in [2.75, 3.05) is 42.9 Å². The molecule has 14 nitrogen and oxygen atoms in total. The minimum absolute atomic E-state index is 0.0105. The van der Waals surface area contributed by atoms with Gasteiger partial charge in [-0.25, -0.2) is 0 Å². The van der Waals surface area contributed by atoms with Crippen molar-refractivity contribution in [1.82, 2.24) is 5.32 Å². The summed E-state index contributed by atoms with van der Waals surface area (Å²) in [6.45, 7) is 6.72. The van der Waals surface area contributed by atoms with Crippen LogP contribution in [0, 0.1) is 0 Å². The summed E-state index contributed by atoms with van der Waals surface area (Å²) in [6.07, 6.45) is 12.4. The zero-order valence-electron chi connectivity index (χ0n) is 39.8. The SMILES string of the molecule is C=N/C(=C\C=C/C)SSCCNC(=O)CCCCOc1cc(COc2cc3c(cc2OC)C(=O)N2c4ccccc4C[C@H]2C=N3)cc(COc2cc3c(cc2OC)C(=O)N2c4ccccc4C[C@H]2C=N3)c1. The standard InChI is InChI=1S/C55H54N6O8S2/c1-5-6-18-53(56-2)71-70-21-19-57-52(62)17-11-12-20-67-41-23-35(33-68-50-29-44-42(27-48(50)65-3)54(63)60-39(31-58-44)25-37-13-7-9-15-46(37)60)22-36(24-41)34-69-51-30-45-43(28-49(51)66-4)55(64)61-40(32-59-45)26-38-14-8-10-16-47(38)61/h5-10,13-16,18,22-24,27-32,39-40H,2,11-12,17,19-21,25-26,33-34H2,1,3-4H3,(H,57,62)/b6-5-,53-18+/t39-,40-/m0/s1. The fraction of sp³-hybridized carbons (Fsp3) is 0.273. The normalized spacial score (nSPS) is 16.3. The van der Waals surface area contributed by atoms with Crippen molar-refractivity contribution in [2.24, 2.45) is 15.0 Å². The molecule has 3 amide bonds. The molecule has 0 spiro atoms. The van der Waals surface area contributed by atoms with Gasteiger partial charge in [0.05, 0.1) is 55.4 Å². The van der Waals surface area contributed by atoms with Gasteiger partial charge in [-0.3, -0.25) is 39.2 Å². The average molecular weight is 991 g/mol. The highest BCUT2D eigenvalue weighted by Gasteiger charge is 2.38. The number of hydrogen-bond acceptors (Lipinski definition) is 13. The molecule has 364 valence electrons. The lowest BCUT2D eigenvalue weighted by molar-refractivity contribution is -0.121. The Labute approximate surface area is 421 Å². The molecule has 5 aromatic rings. The van der Waals surface area contributed by atoms with Crippen LogP contribution < -0.4 is 38.8 Å². The Morgan fingerprint density at radius 2 is 1.32 bits per heavy atom. The molecule has 0 radical (unpaired) electrons. The van der Waals surface area contributed by atoms with Crippen LogP contribution in [0.3, 0.4) is 0 Å². The number of benzene rings is 5. The van der Waals surface area contributed by atoms with Gasteiger partial charge in [0.15, 0.2) is 23.0 Å². The van der Waals surface area contributed by atoms with Crippen LogP contribution in [0.1, 0.15) is 69.2 Å². The van der Waals surface area contributed by atoms with Gasteiger partial charge in [-0.1, -0.05) is 59.3 Å². The number of fused-ring (bicyclic) bond motifs is 8. The number of para-hydroxylation sites is 2. The van der Waals surface area contributed by atoms with E-state index >= 15 is 0 Å². The van der Waals surface area contributed by atoms with Crippen LogP contribution in [0.2, 0.25) is 0 Å². The predicted octanol–water partition coefficient (Wildman–Crippen LogP) is 10.6. The summed E-state index contributed by atoms with van der Waals surface area (Å²) in [5.41, 5.74) is 7.38. The van der Waals surface area contributed by atoms with Crippen LogP contribution in [0.5, 0.6) is 28.7 Å². The second-order valence-corrected chi connectivity index (χ2v) is 19.5. The van der Waals surface area contributed by atoms with Gasteiger partial charge in [-0.15, -0.1) is 0 Å². The van der Waals surface area contributed by atoms with Crippen molar-refractivity contribution in [3.8, 4) is 28.7 Å². The smallest absolute Gasteiger partial charge is 0.261 e. The van der Waals surface area contributed by atoms with Gasteiger partial charge in [-0.05, 0) is 108 Å². The van der Waals surface area contributed by atoms with Crippen LogP contribution in [0.15, 0.2) is 129 Å². The van der Waals surface area contributed by atoms with E-state index in [4.69, 9.17) is 33.7 Å². The third kappa shape index (κ3) is 11.0. The Balaban J connectivity index is 0.886. The molecule has 0 saturated heterocycles. The summed E-state index contributed by atoms with van der Waals surface area (Å²) >= 11 is 0. The summed E-state index contributed by atoms with van der Waals surface area (Å²) in [4.78, 5) is 57.9. The van der Waals surface area contributed by atoms with Crippen LogP contribution >= 0.6 is 21.6 Å². The molecule has 2 atom stereocenters. The molecule has 71 heavy (non-hydrogen) atoms. The molecule has 0 aromatic heterocycles. The lowest BCUT2D eigenvalue weighted by Gasteiger charge is -2.22. The van der Waals surface area contributed by atoms with Gasteiger partial charge < -0.3 is 29.0 Å². The zero-order valence-corrected chi connectivity index (χ0v) is 41.4. The maximum atomic E-state index is 14.0. The fourth-order valence-corrected chi connectivity index (χ4v) is 10.7. The Morgan fingerprint density at radius 1 is 0.761 bits per heavy atom. The molecule has 0 unspecified atom stereocenters. The summed E-state index contributed by atoms with van der Waals surface area (Å²) < 4.78 is 30.8. The van der Waals surface area contributed by atoms with Crippen molar-refractivity contribution in [2.45, 2.75) is 64.3 Å². The molecule has 0 saturated carbocycles. The lowest BCUT2D eigenvalue weighted by Crippen LogP contribution is -2.37. The molecule has 5 aromatic carbocycles. The number of nitrogens with one attached hydrogen (secondary N) is 1. The molecule has 4 heterocycles. The topological polar surface area (TPSA) is 153 Å². The van der Waals surface area contributed by atoms with E-state index < -0.39 is 0 Å². The first-order chi connectivity index (χ1) is 34.7. The van der Waals surface area contributed by atoms with Crippen LogP contribution in [-0.2, 0) is 30.8 Å². The van der Waals surface area contributed by atoms with Crippen molar-refractivity contribution in [3.05, 3.63) is 148 Å². The highest BCUT2D eigenvalue weighted by atomic mass is 33.1. The number of allylic oxidation sites excluding steroid dienone is 3. The number of rotatable bonds is 21. The molecule has 0 bridgehead atoms. The number of aliphatic imine (C=N–C) groups is 3. The summed E-state index contributed by atoms with van der Waals surface area (Å²) in [6, 6.07) is 28.1. The number of methoxy groups -OCH3 is 2. The highest BCUT2D eigenvalue weighted by molar-refractivity contribution is 8.78. The minimum atomic E-state index is -0.195. The molecule has 9 rings (SSSR count). The summed E-state index contributed by atoms with van der Waals surface area (Å²) in [5.74, 6) is 2.65. The highest BCUT2D eigenvalue weighted by Crippen LogP contribution is 2.43. The monoisotopic (exact) mass is 990 g/mol. The van der Waals surface area contributed by atoms with Gasteiger partial charge in [-0.2, -0.15) is 0 Å². The largest absolute Gasteiger partial charge is 0.494 e. The van der Waals surface area contributed by atoms with E-state index in [1.807, 2.05) is 104 Å². The van der Waals surface area contributed by atoms with Crippen LogP contribution in [0.4, 0.5) is 22.7 Å². The van der Waals surface area contributed by atoms with Crippen molar-refractivity contribution >= 4 is 81.2 Å². The summed E-state index contributed by atoms with van der Waals surface area (Å²) in [7, 11) is 6.22. The van der Waals surface area contributed by atoms with Crippen molar-refractivity contribution in [1.29, 1.82) is 0 Å². The number of carbonyl (C=O) groups is 3. The van der Waals surface area contributed by atoms with E-state index in [1.54, 1.807) is 59.1 Å². The van der Waals surface area contributed by atoms with E-state index in [9.17, 15) is 14.4 Å². The van der Waals surface area contributed by atoms with E-state index in [-0.39, 0.29) is 43.0 Å². The Kier molecular flexibility index (Phi) is 15.5. The Morgan fingerprint density at radius 3 is 1.86 bits per heavy atom. The fourth-order valence-electron chi connectivity index (χ4n) is 8.96. The lowest BCUT2D eigenvalue weighted by atomic mass is 10.1. The minimum Gasteiger partial charge on any atom is -0.494 e. The average Bonchev–Trinajstić information content (AvgIpc) is 3.88. The first kappa shape index (κ1) is 48.7. The summed E-state index contributed by atoms with van der Waals surface area (Å²) in [5, 5.41) is 3.80. The number of anilines is 2. The van der Waals surface area contributed by atoms with Gasteiger partial charge in [0.25, 0.3) is 11.8 Å². The number of unbranched alkanes of at least 4 members (excludes halogenated alkanes) is 1. The number of amides is 3. The van der Waals surface area contributed by atoms with E-state index in [0.717, 1.165) is 44.4 Å². The molecule has 0 fully saturated rings. The third-order valence-corrected chi connectivity index (χ3v) is 14.7. The molecule has 4 aliphatic heterocycles. The maximum Gasteiger partial charge on any atom is 0.261 e. The van der Waals surface area contributed by atoms with Crippen LogP contribution in [0.25, 0.3) is 0 Å². The van der Waals surface area contributed by atoms with Gasteiger partial charge >= 0.3 is 0 Å². The molecular weight excluding hydrogens is 937 g/mol. The second kappa shape index (κ2) is 22.6. The van der Waals surface area contributed by atoms with E-state index in [0.29, 0.717) is 96.5 Å². The Hall–Kier alpha value is -7.30. The molecule has 4 aliphatic rings. The van der Waals surface area contributed by atoms with E-state index in [2.05, 4.69) is 17.0 Å². The first-order valence-electron chi connectivity index (χ1n) is 23.5.